The van der Waals surface area contributed by atoms with Gasteiger partial charge in [-0.05, 0) is 13.0 Å². The number of hydrogen-bond acceptors (Lipinski definition) is 3. The van der Waals surface area contributed by atoms with Gasteiger partial charge in [0.2, 0.25) is 5.91 Å². The minimum atomic E-state index is 0.0928. The molecular formula is C8H16N2O2. The van der Waals surface area contributed by atoms with E-state index in [1.807, 2.05) is 4.90 Å². The number of amides is 1. The summed E-state index contributed by atoms with van der Waals surface area (Å²) < 4.78 is 5.10. The maximum atomic E-state index is 11.3. The van der Waals surface area contributed by atoms with Crippen molar-refractivity contribution in [1.29, 1.82) is 0 Å². The van der Waals surface area contributed by atoms with Crippen molar-refractivity contribution >= 4 is 5.91 Å². The summed E-state index contributed by atoms with van der Waals surface area (Å²) >= 11 is 0. The quantitative estimate of drug-likeness (QED) is 0.626. The molecule has 4 nitrogen and oxygen atoms in total. The van der Waals surface area contributed by atoms with Crippen LogP contribution in [0.5, 0.6) is 0 Å². The van der Waals surface area contributed by atoms with E-state index in [0.29, 0.717) is 13.0 Å². The molecule has 0 aromatic carbocycles. The highest BCUT2D eigenvalue weighted by atomic mass is 16.5. The second kappa shape index (κ2) is 4.42. The fraction of sp³-hybridized carbons (Fsp3) is 0.875. The number of hydrogen-bond donors (Lipinski definition) is 1. The van der Waals surface area contributed by atoms with E-state index < -0.39 is 0 Å². The third-order valence-corrected chi connectivity index (χ3v) is 2.14. The number of ether oxygens (including phenoxy) is 1. The van der Waals surface area contributed by atoms with E-state index in [4.69, 9.17) is 10.5 Å². The van der Waals surface area contributed by atoms with E-state index in [2.05, 4.69) is 0 Å². The molecule has 1 rings (SSSR count). The van der Waals surface area contributed by atoms with Crippen LogP contribution in [-0.2, 0) is 9.53 Å². The van der Waals surface area contributed by atoms with Crippen molar-refractivity contribution in [3.05, 3.63) is 0 Å². The molecule has 1 saturated heterocycles. The molecule has 1 unspecified atom stereocenters. The number of nitrogens with two attached hydrogens (primary N) is 1. The molecule has 0 aromatic heterocycles. The van der Waals surface area contributed by atoms with Crippen LogP contribution in [0, 0.1) is 0 Å². The highest BCUT2D eigenvalue weighted by Gasteiger charge is 2.28. The molecule has 0 aliphatic carbocycles. The highest BCUT2D eigenvalue weighted by molar-refractivity contribution is 5.79. The van der Waals surface area contributed by atoms with Crippen LogP contribution in [0.3, 0.4) is 0 Å². The molecule has 70 valence electrons. The van der Waals surface area contributed by atoms with Gasteiger partial charge in [-0.25, -0.2) is 0 Å². The van der Waals surface area contributed by atoms with Gasteiger partial charge in [0.15, 0.2) is 0 Å². The molecular weight excluding hydrogens is 156 g/mol. The number of carbonyl (C=O) groups excluding carboxylic acids is 1. The second-order valence-corrected chi connectivity index (χ2v) is 3.04. The third-order valence-electron chi connectivity index (χ3n) is 2.14. The molecule has 0 bridgehead atoms. The predicted molar refractivity (Wildman–Crippen MR) is 45.7 cm³/mol. The normalized spacial score (nSPS) is 23.7. The topological polar surface area (TPSA) is 55.6 Å². The summed E-state index contributed by atoms with van der Waals surface area (Å²) in [5.74, 6) is 0.190. The fourth-order valence-electron chi connectivity index (χ4n) is 1.39. The molecule has 1 amide bonds. The molecule has 1 aliphatic rings. The van der Waals surface area contributed by atoms with Crippen LogP contribution in [0.4, 0.5) is 0 Å². The van der Waals surface area contributed by atoms with Crippen LogP contribution in [0.15, 0.2) is 0 Å². The minimum Gasteiger partial charge on any atom is -0.379 e. The lowest BCUT2D eigenvalue weighted by Crippen LogP contribution is -2.28. The lowest BCUT2D eigenvalue weighted by Gasteiger charge is -2.14. The third kappa shape index (κ3) is 2.19. The summed E-state index contributed by atoms with van der Waals surface area (Å²) in [6.45, 7) is 2.14. The molecule has 1 aliphatic heterocycles. The summed E-state index contributed by atoms with van der Waals surface area (Å²) in [6.07, 6.45) is 1.50. The SMILES string of the molecule is COC1CC(=O)N(CCCN)C1. The molecule has 1 fully saturated rings. The van der Waals surface area contributed by atoms with Gasteiger partial charge < -0.3 is 15.4 Å². The molecule has 1 atom stereocenters. The van der Waals surface area contributed by atoms with Gasteiger partial charge in [0, 0.05) is 20.2 Å². The summed E-state index contributed by atoms with van der Waals surface area (Å²) in [7, 11) is 1.64. The smallest absolute Gasteiger partial charge is 0.225 e. The first-order valence-electron chi connectivity index (χ1n) is 4.28. The van der Waals surface area contributed by atoms with Gasteiger partial charge in [0.05, 0.1) is 12.5 Å². The summed E-state index contributed by atoms with van der Waals surface area (Å²) in [5, 5.41) is 0. The van der Waals surface area contributed by atoms with E-state index in [-0.39, 0.29) is 12.0 Å². The van der Waals surface area contributed by atoms with Crippen molar-refractivity contribution in [1.82, 2.24) is 4.90 Å². The van der Waals surface area contributed by atoms with Crippen LogP contribution < -0.4 is 5.73 Å². The maximum absolute atomic E-state index is 11.3. The van der Waals surface area contributed by atoms with Crippen molar-refractivity contribution in [3.8, 4) is 0 Å². The fourth-order valence-corrected chi connectivity index (χ4v) is 1.39. The summed E-state index contributed by atoms with van der Waals surface area (Å²) in [4.78, 5) is 13.1. The number of rotatable bonds is 4. The van der Waals surface area contributed by atoms with Crippen LogP contribution in [0.25, 0.3) is 0 Å². The molecule has 12 heavy (non-hydrogen) atoms. The van der Waals surface area contributed by atoms with E-state index in [1.165, 1.54) is 0 Å². The standard InChI is InChI=1S/C8H16N2O2/c1-12-7-5-8(11)10(6-7)4-2-3-9/h7H,2-6,9H2,1H3. The van der Waals surface area contributed by atoms with Gasteiger partial charge in [-0.3, -0.25) is 4.79 Å². The number of carbonyl (C=O) groups is 1. The lowest BCUT2D eigenvalue weighted by atomic mass is 10.3. The lowest BCUT2D eigenvalue weighted by molar-refractivity contribution is -0.127. The zero-order valence-electron chi connectivity index (χ0n) is 7.45. The molecule has 4 heteroatoms. The average Bonchev–Trinajstić information content (AvgIpc) is 2.43. The Morgan fingerprint density at radius 1 is 1.75 bits per heavy atom. The van der Waals surface area contributed by atoms with Gasteiger partial charge in [-0.15, -0.1) is 0 Å². The van der Waals surface area contributed by atoms with Crippen LogP contribution in [0.2, 0.25) is 0 Å². The van der Waals surface area contributed by atoms with Crippen molar-refractivity contribution in [2.24, 2.45) is 5.73 Å². The largest absolute Gasteiger partial charge is 0.379 e. The molecule has 0 saturated carbocycles. The summed E-state index contributed by atoms with van der Waals surface area (Å²) in [6, 6.07) is 0. The number of nitrogens with zero attached hydrogens (tertiary/aromatic N) is 1. The van der Waals surface area contributed by atoms with Gasteiger partial charge in [0.25, 0.3) is 0 Å². The number of methoxy groups -OCH3 is 1. The summed E-state index contributed by atoms with van der Waals surface area (Å²) in [5.41, 5.74) is 5.35. The molecule has 0 aromatic rings. The first kappa shape index (κ1) is 9.48. The highest BCUT2D eigenvalue weighted by Crippen LogP contribution is 2.13. The Kier molecular flexibility index (Phi) is 3.49. The van der Waals surface area contributed by atoms with E-state index in [0.717, 1.165) is 19.5 Å². The van der Waals surface area contributed by atoms with E-state index >= 15 is 0 Å². The second-order valence-electron chi connectivity index (χ2n) is 3.04. The Bertz CT molecular complexity index is 161. The van der Waals surface area contributed by atoms with Crippen LogP contribution >= 0.6 is 0 Å². The van der Waals surface area contributed by atoms with Gasteiger partial charge in [-0.1, -0.05) is 0 Å². The zero-order chi connectivity index (χ0) is 8.97. The van der Waals surface area contributed by atoms with Crippen molar-refractivity contribution in [3.63, 3.8) is 0 Å². The van der Waals surface area contributed by atoms with Gasteiger partial charge in [0.1, 0.15) is 0 Å². The molecule has 1 heterocycles. The first-order valence-corrected chi connectivity index (χ1v) is 4.28. The Hall–Kier alpha value is -0.610. The van der Waals surface area contributed by atoms with E-state index in [9.17, 15) is 4.79 Å². The Morgan fingerprint density at radius 2 is 2.50 bits per heavy atom. The van der Waals surface area contributed by atoms with Crippen molar-refractivity contribution < 1.29 is 9.53 Å². The Labute approximate surface area is 72.7 Å². The van der Waals surface area contributed by atoms with E-state index in [1.54, 1.807) is 7.11 Å². The van der Waals surface area contributed by atoms with Crippen molar-refractivity contribution in [2.75, 3.05) is 26.7 Å². The monoisotopic (exact) mass is 172 g/mol. The zero-order valence-corrected chi connectivity index (χ0v) is 7.45. The Morgan fingerprint density at radius 3 is 3.00 bits per heavy atom. The predicted octanol–water partition coefficient (Wildman–Crippen LogP) is -0.417. The maximum Gasteiger partial charge on any atom is 0.225 e. The molecule has 0 radical (unpaired) electrons. The van der Waals surface area contributed by atoms with Crippen molar-refractivity contribution in [2.45, 2.75) is 18.9 Å². The molecule has 2 N–H and O–H groups in total. The number of likely N-dealkylation sites (tertiary alicyclic amines) is 1. The van der Waals surface area contributed by atoms with Gasteiger partial charge in [-0.2, -0.15) is 0 Å². The average molecular weight is 172 g/mol. The van der Waals surface area contributed by atoms with Crippen LogP contribution in [0.1, 0.15) is 12.8 Å². The van der Waals surface area contributed by atoms with Crippen LogP contribution in [-0.4, -0.2) is 43.7 Å². The van der Waals surface area contributed by atoms with Gasteiger partial charge >= 0.3 is 0 Å². The Balaban J connectivity index is 2.31. The first-order chi connectivity index (χ1) is 5.77. The minimum absolute atomic E-state index is 0.0928. The molecule has 0 spiro atoms.